The van der Waals surface area contributed by atoms with E-state index in [4.69, 9.17) is 23.8 Å². The van der Waals surface area contributed by atoms with Crippen molar-refractivity contribution in [2.45, 2.75) is 43.1 Å². The van der Waals surface area contributed by atoms with Crippen LogP contribution in [0.3, 0.4) is 0 Å². The number of carbonyl (C=O) groups excluding carboxylic acids is 1. The van der Waals surface area contributed by atoms with Gasteiger partial charge in [-0.1, -0.05) is 23.6 Å². The third-order valence-electron chi connectivity index (χ3n) is 9.00. The number of primary amides is 1. The number of pyridine rings is 1. The molecule has 2 N–H and O–H groups in total. The van der Waals surface area contributed by atoms with Gasteiger partial charge in [0.05, 0.1) is 22.4 Å². The first-order chi connectivity index (χ1) is 22.3. The molecule has 1 unspecified atom stereocenters. The number of fused-ring (bicyclic) bond motifs is 4. The van der Waals surface area contributed by atoms with Crippen LogP contribution in [0.2, 0.25) is 5.02 Å². The Morgan fingerprint density at radius 3 is 2.49 bits per heavy atom. The molecule has 1 saturated carbocycles. The van der Waals surface area contributed by atoms with Gasteiger partial charge in [0.2, 0.25) is 5.91 Å². The molecule has 7 rings (SSSR count). The molecule has 2 aliphatic carbocycles. The van der Waals surface area contributed by atoms with E-state index >= 15 is 8.78 Å². The molecule has 2 aromatic carbocycles. The average Bonchev–Trinajstić information content (AvgIpc) is 3.48. The fraction of sp³-hybridized carbons (Fsp3) is 0.273. The highest BCUT2D eigenvalue weighted by molar-refractivity contribution is 6.35. The largest absolute Gasteiger partial charge is 0.368 e. The maximum absolute atomic E-state index is 15.8. The van der Waals surface area contributed by atoms with Crippen LogP contribution in [0.15, 0.2) is 48.7 Å². The van der Waals surface area contributed by atoms with Gasteiger partial charge in [0.1, 0.15) is 34.8 Å². The summed E-state index contributed by atoms with van der Waals surface area (Å²) in [5.74, 6) is -7.78. The maximum atomic E-state index is 15.8. The Morgan fingerprint density at radius 1 is 1.13 bits per heavy atom. The van der Waals surface area contributed by atoms with E-state index in [9.17, 15) is 22.4 Å². The van der Waals surface area contributed by atoms with E-state index in [-0.39, 0.29) is 28.9 Å². The molecular weight excluding hydrogens is 646 g/mol. The minimum Gasteiger partial charge on any atom is -0.368 e. The summed E-state index contributed by atoms with van der Waals surface area (Å²) >= 11 is 6.44. The summed E-state index contributed by atoms with van der Waals surface area (Å²) in [5.41, 5.74) is 5.37. The lowest BCUT2D eigenvalue weighted by Crippen LogP contribution is -2.37. The number of hydrogen-bond donors (Lipinski definition) is 1. The van der Waals surface area contributed by atoms with Gasteiger partial charge in [-0.05, 0) is 54.7 Å². The van der Waals surface area contributed by atoms with Crippen LogP contribution >= 0.6 is 11.6 Å². The highest BCUT2D eigenvalue weighted by Crippen LogP contribution is 2.68. The summed E-state index contributed by atoms with van der Waals surface area (Å²) in [6.07, 6.45) is 3.59. The van der Waals surface area contributed by atoms with E-state index in [2.05, 4.69) is 21.1 Å². The van der Waals surface area contributed by atoms with Crippen molar-refractivity contribution in [3.63, 3.8) is 0 Å². The number of rotatable bonds is 8. The SMILES string of the molecule is C#Cc1ccc(-c2ccc(Cl)c3cnn(C)c23)c([C@@H](Cc2cc(F)cc(F)c2)C(C(N)=O)n2nc(C(F)F)c3c2C(F)(F)[C@@H]2C[C@H]32)n1. The fourth-order valence-corrected chi connectivity index (χ4v) is 7.19. The molecule has 240 valence electrons. The molecule has 2 aliphatic rings. The maximum Gasteiger partial charge on any atom is 0.293 e. The number of amides is 1. The zero-order valence-corrected chi connectivity index (χ0v) is 25.1. The lowest BCUT2D eigenvalue weighted by Gasteiger charge is -2.29. The van der Waals surface area contributed by atoms with Gasteiger partial charge < -0.3 is 5.73 Å². The van der Waals surface area contributed by atoms with Gasteiger partial charge in [0, 0.05) is 47.0 Å². The Morgan fingerprint density at radius 2 is 1.83 bits per heavy atom. The fourth-order valence-electron chi connectivity index (χ4n) is 6.99. The van der Waals surface area contributed by atoms with Crippen molar-refractivity contribution in [3.05, 3.63) is 99.2 Å². The molecule has 0 spiro atoms. The second-order valence-electron chi connectivity index (χ2n) is 11.8. The monoisotopic (exact) mass is 668 g/mol. The van der Waals surface area contributed by atoms with E-state index in [1.165, 1.54) is 12.3 Å². The Balaban J connectivity index is 1.53. The minimum atomic E-state index is -3.60. The van der Waals surface area contributed by atoms with Gasteiger partial charge in [-0.3, -0.25) is 9.48 Å². The number of benzene rings is 2. The van der Waals surface area contributed by atoms with Gasteiger partial charge in [0.15, 0.2) is 0 Å². The number of nitrogens with two attached hydrogens (primary N) is 1. The normalized spacial score (nSPS) is 19.0. The number of halogens is 7. The number of terminal acetylenes is 1. The second-order valence-corrected chi connectivity index (χ2v) is 12.2. The van der Waals surface area contributed by atoms with Crippen molar-refractivity contribution >= 4 is 28.4 Å². The molecule has 14 heteroatoms. The van der Waals surface area contributed by atoms with E-state index < -0.39 is 71.5 Å². The quantitative estimate of drug-likeness (QED) is 0.143. The van der Waals surface area contributed by atoms with Gasteiger partial charge in [-0.15, -0.1) is 6.42 Å². The Hall–Kier alpha value is -4.83. The van der Waals surface area contributed by atoms with Crippen molar-refractivity contribution in [1.82, 2.24) is 24.5 Å². The molecule has 0 saturated heterocycles. The number of nitrogens with zero attached hydrogens (tertiary/aromatic N) is 5. The van der Waals surface area contributed by atoms with Crippen LogP contribution in [0, 0.1) is 29.9 Å². The topological polar surface area (TPSA) is 91.6 Å². The van der Waals surface area contributed by atoms with Crippen molar-refractivity contribution in [2.24, 2.45) is 18.7 Å². The van der Waals surface area contributed by atoms with Crippen molar-refractivity contribution in [2.75, 3.05) is 0 Å². The van der Waals surface area contributed by atoms with E-state index in [0.29, 0.717) is 37.8 Å². The molecule has 4 atom stereocenters. The molecule has 3 heterocycles. The molecule has 0 bridgehead atoms. The number of aromatic nitrogens is 5. The lowest BCUT2D eigenvalue weighted by molar-refractivity contribution is -0.122. The number of hydrogen-bond acceptors (Lipinski definition) is 4. The molecule has 0 aliphatic heterocycles. The van der Waals surface area contributed by atoms with Crippen LogP contribution in [-0.4, -0.2) is 30.5 Å². The summed E-state index contributed by atoms with van der Waals surface area (Å²) < 4.78 is 91.3. The van der Waals surface area contributed by atoms with Crippen LogP contribution in [-0.2, 0) is 24.2 Å². The van der Waals surface area contributed by atoms with Crippen molar-refractivity contribution in [1.29, 1.82) is 0 Å². The minimum absolute atomic E-state index is 0.00638. The highest BCUT2D eigenvalue weighted by Gasteiger charge is 2.67. The van der Waals surface area contributed by atoms with Crippen LogP contribution in [0.25, 0.3) is 22.0 Å². The van der Waals surface area contributed by atoms with E-state index in [1.807, 2.05) is 0 Å². The predicted molar refractivity (Wildman–Crippen MR) is 160 cm³/mol. The smallest absolute Gasteiger partial charge is 0.293 e. The van der Waals surface area contributed by atoms with Crippen LogP contribution < -0.4 is 5.73 Å². The first-order valence-electron chi connectivity index (χ1n) is 14.4. The summed E-state index contributed by atoms with van der Waals surface area (Å²) in [6, 6.07) is 7.13. The highest BCUT2D eigenvalue weighted by atomic mass is 35.5. The third kappa shape index (κ3) is 4.85. The molecule has 1 amide bonds. The number of alkyl halides is 4. The van der Waals surface area contributed by atoms with E-state index in [0.717, 1.165) is 12.1 Å². The Labute approximate surface area is 268 Å². The van der Waals surface area contributed by atoms with Gasteiger partial charge in [-0.2, -0.15) is 19.0 Å². The molecule has 47 heavy (non-hydrogen) atoms. The Kier molecular flexibility index (Phi) is 7.13. The van der Waals surface area contributed by atoms with Crippen LogP contribution in [0.1, 0.15) is 64.6 Å². The zero-order valence-electron chi connectivity index (χ0n) is 24.4. The molecular formula is C33H23ClF6N6O. The molecule has 5 aromatic rings. The summed E-state index contributed by atoms with van der Waals surface area (Å²) in [6.45, 7) is 0. The molecule has 7 nitrogen and oxygen atoms in total. The first-order valence-corrected chi connectivity index (χ1v) is 14.8. The number of aryl methyl sites for hydroxylation is 1. The predicted octanol–water partition coefficient (Wildman–Crippen LogP) is 6.94. The van der Waals surface area contributed by atoms with E-state index in [1.54, 1.807) is 29.9 Å². The van der Waals surface area contributed by atoms with Crippen LogP contribution in [0.4, 0.5) is 26.3 Å². The van der Waals surface area contributed by atoms with Crippen LogP contribution in [0.5, 0.6) is 0 Å². The second kappa shape index (κ2) is 10.9. The van der Waals surface area contributed by atoms with Crippen molar-refractivity contribution in [3.8, 4) is 23.5 Å². The lowest BCUT2D eigenvalue weighted by atomic mass is 9.84. The number of carbonyl (C=O) groups is 1. The Bertz CT molecular complexity index is 2130. The average molecular weight is 669 g/mol. The summed E-state index contributed by atoms with van der Waals surface area (Å²) in [7, 11) is 1.66. The first kappa shape index (κ1) is 30.8. The standard InChI is InChI=1S/C33H23ClF6N6O/c1-3-17-4-5-18(19-6-7-24(34)22-13-42-45(2)28(19)22)26(43-17)21(10-14-8-15(35)11-16(36)9-14)29(32(41)47)46-30-25(27(44-46)31(37)38)20-12-23(20)33(30,39)40/h1,4-9,11,13,20-21,23,29,31H,10,12H2,2H3,(H2,41,47)/t20-,21+,23+,29?/m0/s1. The summed E-state index contributed by atoms with van der Waals surface area (Å²) in [4.78, 5) is 18.1. The van der Waals surface area contributed by atoms with Crippen molar-refractivity contribution < 1.29 is 31.1 Å². The van der Waals surface area contributed by atoms with Gasteiger partial charge >= 0.3 is 0 Å². The van der Waals surface area contributed by atoms with Gasteiger partial charge in [-0.25, -0.2) is 27.2 Å². The van der Waals surface area contributed by atoms with Gasteiger partial charge in [0.25, 0.3) is 12.3 Å². The zero-order chi connectivity index (χ0) is 33.5. The molecule has 0 radical (unpaired) electrons. The summed E-state index contributed by atoms with van der Waals surface area (Å²) in [5, 5.41) is 9.12. The molecule has 1 fully saturated rings. The third-order valence-corrected chi connectivity index (χ3v) is 9.33. The molecule has 3 aromatic heterocycles.